The number of benzene rings is 1. The summed E-state index contributed by atoms with van der Waals surface area (Å²) in [5, 5.41) is 23.6. The monoisotopic (exact) mass is 503 g/mol. The molecule has 164 valence electrons. The molecule has 0 saturated carbocycles. The van der Waals surface area contributed by atoms with E-state index < -0.39 is 10.0 Å². The van der Waals surface area contributed by atoms with Crippen LogP contribution in [0.3, 0.4) is 0 Å². The summed E-state index contributed by atoms with van der Waals surface area (Å²) in [4.78, 5) is 0. The number of hydrogen-bond donors (Lipinski definition) is 2. The Morgan fingerprint density at radius 1 is 1.33 bits per heavy atom. The fourth-order valence-electron chi connectivity index (χ4n) is 3.00. The van der Waals surface area contributed by atoms with Crippen LogP contribution in [-0.4, -0.2) is 65.9 Å². The Bertz CT molecular complexity index is 994. The van der Waals surface area contributed by atoms with Crippen molar-refractivity contribution in [3.63, 3.8) is 0 Å². The van der Waals surface area contributed by atoms with Crippen molar-refractivity contribution in [3.8, 4) is 0 Å². The molecular weight excluding hydrogens is 481 g/mol. The van der Waals surface area contributed by atoms with E-state index in [0.717, 1.165) is 12.0 Å². The Morgan fingerprint density at radius 3 is 2.80 bits per heavy atom. The van der Waals surface area contributed by atoms with Crippen LogP contribution in [0.15, 0.2) is 32.5 Å². The van der Waals surface area contributed by atoms with Crippen molar-refractivity contribution >= 4 is 31.7 Å². The number of nitrogens with zero attached hydrogens (tertiary/aromatic N) is 4. The first kappa shape index (κ1) is 22.8. The molecule has 0 aliphatic carbocycles. The van der Waals surface area contributed by atoms with Crippen molar-refractivity contribution in [2.45, 2.75) is 25.7 Å². The van der Waals surface area contributed by atoms with Gasteiger partial charge in [-0.3, -0.25) is 0 Å². The average Bonchev–Trinajstić information content (AvgIpc) is 3.12. The minimum absolute atomic E-state index is 0.0817. The maximum atomic E-state index is 13.4. The molecule has 1 aromatic carbocycles. The van der Waals surface area contributed by atoms with Crippen LogP contribution >= 0.6 is 15.9 Å². The SMILES string of the molecule is O=S(=O)(CCNCCCc1nonc1/C(Cc1ccc(F)c(Br)c1)=N/O)N1CCC1. The first-order chi connectivity index (χ1) is 14.4. The van der Waals surface area contributed by atoms with Gasteiger partial charge in [-0.25, -0.2) is 21.7 Å². The topological polar surface area (TPSA) is 121 Å². The highest BCUT2D eigenvalue weighted by Crippen LogP contribution is 2.19. The van der Waals surface area contributed by atoms with Crippen LogP contribution < -0.4 is 5.32 Å². The third kappa shape index (κ3) is 5.84. The van der Waals surface area contributed by atoms with E-state index in [0.29, 0.717) is 54.9 Å². The maximum Gasteiger partial charge on any atom is 0.215 e. The van der Waals surface area contributed by atoms with Gasteiger partial charge in [-0.2, -0.15) is 0 Å². The molecule has 0 amide bonds. The van der Waals surface area contributed by atoms with Crippen LogP contribution in [0.1, 0.15) is 29.8 Å². The highest BCUT2D eigenvalue weighted by Gasteiger charge is 2.26. The molecule has 3 rings (SSSR count). The van der Waals surface area contributed by atoms with Gasteiger partial charge >= 0.3 is 0 Å². The number of halogens is 2. The van der Waals surface area contributed by atoms with Crippen LogP contribution in [-0.2, 0) is 22.9 Å². The molecular formula is C18H23BrFN5O4S. The van der Waals surface area contributed by atoms with Crippen molar-refractivity contribution in [2.75, 3.05) is 31.9 Å². The van der Waals surface area contributed by atoms with Gasteiger partial charge in [-0.1, -0.05) is 16.4 Å². The van der Waals surface area contributed by atoms with Crippen LogP contribution in [0.25, 0.3) is 0 Å². The van der Waals surface area contributed by atoms with Crippen LogP contribution in [0.5, 0.6) is 0 Å². The quantitative estimate of drug-likeness (QED) is 0.208. The molecule has 30 heavy (non-hydrogen) atoms. The molecule has 1 aliphatic heterocycles. The van der Waals surface area contributed by atoms with Crippen molar-refractivity contribution in [3.05, 3.63) is 45.4 Å². The van der Waals surface area contributed by atoms with Gasteiger partial charge in [0.2, 0.25) is 10.0 Å². The molecule has 0 bridgehead atoms. The van der Waals surface area contributed by atoms with E-state index in [4.69, 9.17) is 4.63 Å². The number of sulfonamides is 1. The first-order valence-corrected chi connectivity index (χ1v) is 12.0. The lowest BCUT2D eigenvalue weighted by atomic mass is 10.0. The molecule has 0 radical (unpaired) electrons. The van der Waals surface area contributed by atoms with E-state index in [9.17, 15) is 18.0 Å². The highest BCUT2D eigenvalue weighted by atomic mass is 79.9. The van der Waals surface area contributed by atoms with Gasteiger partial charge in [0.25, 0.3) is 0 Å². The van der Waals surface area contributed by atoms with E-state index in [1.807, 2.05) is 0 Å². The van der Waals surface area contributed by atoms with E-state index in [2.05, 4.69) is 36.7 Å². The van der Waals surface area contributed by atoms with Gasteiger partial charge in [0.1, 0.15) is 17.2 Å². The lowest BCUT2D eigenvalue weighted by molar-refractivity contribution is 0.300. The summed E-state index contributed by atoms with van der Waals surface area (Å²) in [6.07, 6.45) is 2.34. The standard InChI is InChI=1S/C18H23BrFN5O4S/c19-14-11-13(4-5-15(14)20)12-17(22-26)18-16(23-29-24-18)3-1-6-21-7-10-30(27,28)25-8-2-9-25/h4-5,11,21,26H,1-3,6-10,12H2/b22-17+. The molecule has 0 atom stereocenters. The van der Waals surface area contributed by atoms with Crippen LogP contribution in [0.4, 0.5) is 4.39 Å². The van der Waals surface area contributed by atoms with E-state index in [1.54, 1.807) is 12.1 Å². The second kappa shape index (κ2) is 10.4. The number of aromatic nitrogens is 2. The molecule has 12 heteroatoms. The predicted molar refractivity (Wildman–Crippen MR) is 112 cm³/mol. The second-order valence-corrected chi connectivity index (χ2v) is 9.90. The Labute approximate surface area is 182 Å². The summed E-state index contributed by atoms with van der Waals surface area (Å²) < 4.78 is 44.0. The van der Waals surface area contributed by atoms with Crippen LogP contribution in [0, 0.1) is 5.82 Å². The lowest BCUT2D eigenvalue weighted by Crippen LogP contribution is -2.44. The van der Waals surface area contributed by atoms with Crippen molar-refractivity contribution in [2.24, 2.45) is 5.16 Å². The van der Waals surface area contributed by atoms with Crippen molar-refractivity contribution < 1.29 is 22.6 Å². The highest BCUT2D eigenvalue weighted by molar-refractivity contribution is 9.10. The van der Waals surface area contributed by atoms with E-state index >= 15 is 0 Å². The van der Waals surface area contributed by atoms with Gasteiger partial charge in [-0.05, 0) is 64.6 Å². The number of rotatable bonds is 11. The van der Waals surface area contributed by atoms with Gasteiger partial charge in [0, 0.05) is 26.1 Å². The molecule has 2 heterocycles. The fourth-order valence-corrected chi connectivity index (χ4v) is 4.90. The Kier molecular flexibility index (Phi) is 7.92. The summed E-state index contributed by atoms with van der Waals surface area (Å²) in [5.41, 5.74) is 1.88. The van der Waals surface area contributed by atoms with E-state index in [1.165, 1.54) is 10.4 Å². The number of oxime groups is 1. The second-order valence-electron chi connectivity index (χ2n) is 6.95. The molecule has 1 fully saturated rings. The Hall–Kier alpha value is -1.89. The summed E-state index contributed by atoms with van der Waals surface area (Å²) >= 11 is 3.13. The largest absolute Gasteiger partial charge is 0.411 e. The summed E-state index contributed by atoms with van der Waals surface area (Å²) in [7, 11) is -3.15. The smallest absolute Gasteiger partial charge is 0.215 e. The first-order valence-electron chi connectivity index (χ1n) is 9.56. The van der Waals surface area contributed by atoms with E-state index in [-0.39, 0.29) is 23.7 Å². The predicted octanol–water partition coefficient (Wildman–Crippen LogP) is 1.95. The molecule has 9 nitrogen and oxygen atoms in total. The summed E-state index contributed by atoms with van der Waals surface area (Å²) in [5.74, 6) is -0.298. The molecule has 1 aliphatic rings. The average molecular weight is 504 g/mol. The Balaban J connectivity index is 1.47. The fraction of sp³-hybridized carbons (Fsp3) is 0.500. The normalized spacial score (nSPS) is 15.3. The molecule has 2 N–H and O–H groups in total. The molecule has 2 aromatic rings. The van der Waals surface area contributed by atoms with Crippen LogP contribution in [0.2, 0.25) is 0 Å². The zero-order valence-electron chi connectivity index (χ0n) is 16.2. The summed E-state index contributed by atoms with van der Waals surface area (Å²) in [6, 6.07) is 4.52. The maximum absolute atomic E-state index is 13.4. The Morgan fingerprint density at radius 2 is 2.13 bits per heavy atom. The number of nitrogens with one attached hydrogen (secondary N) is 1. The zero-order chi connectivity index (χ0) is 21.6. The number of aryl methyl sites for hydroxylation is 1. The van der Waals surface area contributed by atoms with Crippen molar-refractivity contribution in [1.82, 2.24) is 19.9 Å². The van der Waals surface area contributed by atoms with Gasteiger partial charge < -0.3 is 10.5 Å². The lowest BCUT2D eigenvalue weighted by Gasteiger charge is -2.29. The third-order valence-electron chi connectivity index (χ3n) is 4.82. The zero-order valence-corrected chi connectivity index (χ0v) is 18.6. The molecule has 0 spiro atoms. The van der Waals surface area contributed by atoms with Gasteiger partial charge in [0.05, 0.1) is 10.2 Å². The molecule has 1 aromatic heterocycles. The molecule has 1 saturated heterocycles. The third-order valence-corrected chi connectivity index (χ3v) is 7.30. The van der Waals surface area contributed by atoms with Crippen molar-refractivity contribution in [1.29, 1.82) is 0 Å². The van der Waals surface area contributed by atoms with Gasteiger partial charge in [0.15, 0.2) is 5.69 Å². The minimum atomic E-state index is -3.15. The number of hydrogen-bond acceptors (Lipinski definition) is 8. The van der Waals surface area contributed by atoms with Gasteiger partial charge in [-0.15, -0.1) is 0 Å². The summed E-state index contributed by atoms with van der Waals surface area (Å²) in [6.45, 7) is 2.21. The molecule has 0 unspecified atom stereocenters. The minimum Gasteiger partial charge on any atom is -0.411 e.